The van der Waals surface area contributed by atoms with Gasteiger partial charge in [-0.05, 0) is 37.2 Å². The van der Waals surface area contributed by atoms with Gasteiger partial charge in [0.05, 0.1) is 7.11 Å². The van der Waals surface area contributed by atoms with E-state index in [0.29, 0.717) is 15.8 Å². The standard InChI is InChI=1S/C11H13BrF3NO/c1-16-10(11(13,14)15)6-7-5-8(17-2)3-4-9(7)12/h3-5,10,16H,6H2,1-2H3. The molecule has 0 fully saturated rings. The number of ether oxygens (including phenoxy) is 1. The van der Waals surface area contributed by atoms with Gasteiger partial charge >= 0.3 is 6.18 Å². The summed E-state index contributed by atoms with van der Waals surface area (Å²) in [5.41, 5.74) is 0.557. The Morgan fingerprint density at radius 3 is 2.53 bits per heavy atom. The summed E-state index contributed by atoms with van der Waals surface area (Å²) in [7, 11) is 2.78. The highest BCUT2D eigenvalue weighted by Gasteiger charge is 2.38. The Bertz CT molecular complexity index is 381. The van der Waals surface area contributed by atoms with E-state index >= 15 is 0 Å². The molecule has 1 N–H and O–H groups in total. The molecule has 0 aliphatic carbocycles. The van der Waals surface area contributed by atoms with Crippen LogP contribution in [-0.4, -0.2) is 26.4 Å². The van der Waals surface area contributed by atoms with Gasteiger partial charge in [-0.1, -0.05) is 15.9 Å². The Labute approximate surface area is 106 Å². The molecule has 0 saturated heterocycles. The van der Waals surface area contributed by atoms with Crippen molar-refractivity contribution in [3.63, 3.8) is 0 Å². The van der Waals surface area contributed by atoms with Gasteiger partial charge in [-0.25, -0.2) is 0 Å². The molecule has 1 atom stereocenters. The molecule has 6 heteroatoms. The van der Waals surface area contributed by atoms with E-state index in [1.165, 1.54) is 14.2 Å². The normalized spacial score (nSPS) is 13.5. The maximum absolute atomic E-state index is 12.6. The molecule has 0 radical (unpaired) electrons. The molecule has 96 valence electrons. The van der Waals surface area contributed by atoms with Crippen LogP contribution >= 0.6 is 15.9 Å². The summed E-state index contributed by atoms with van der Waals surface area (Å²) in [6.45, 7) is 0. The van der Waals surface area contributed by atoms with Gasteiger partial charge in [0.2, 0.25) is 0 Å². The van der Waals surface area contributed by atoms with Crippen LogP contribution in [0.2, 0.25) is 0 Å². The van der Waals surface area contributed by atoms with E-state index in [1.807, 2.05) is 0 Å². The third-order valence-electron chi connectivity index (χ3n) is 2.42. The van der Waals surface area contributed by atoms with Crippen molar-refractivity contribution in [1.82, 2.24) is 5.32 Å². The zero-order valence-corrected chi connectivity index (χ0v) is 11.0. The monoisotopic (exact) mass is 311 g/mol. The van der Waals surface area contributed by atoms with E-state index in [0.717, 1.165) is 0 Å². The second-order valence-electron chi connectivity index (χ2n) is 3.54. The van der Waals surface area contributed by atoms with Crippen molar-refractivity contribution in [2.24, 2.45) is 0 Å². The highest BCUT2D eigenvalue weighted by molar-refractivity contribution is 9.10. The molecule has 0 aromatic heterocycles. The molecule has 1 aromatic carbocycles. The quantitative estimate of drug-likeness (QED) is 0.922. The lowest BCUT2D eigenvalue weighted by atomic mass is 10.1. The summed E-state index contributed by atoms with van der Waals surface area (Å²) >= 11 is 3.23. The maximum atomic E-state index is 12.6. The van der Waals surface area contributed by atoms with Crippen molar-refractivity contribution in [2.45, 2.75) is 18.6 Å². The molecule has 0 heterocycles. The van der Waals surface area contributed by atoms with Crippen LogP contribution in [0, 0.1) is 0 Å². The highest BCUT2D eigenvalue weighted by atomic mass is 79.9. The lowest BCUT2D eigenvalue weighted by Crippen LogP contribution is -2.41. The van der Waals surface area contributed by atoms with Crippen LogP contribution in [0.1, 0.15) is 5.56 Å². The summed E-state index contributed by atoms with van der Waals surface area (Å²) in [5.74, 6) is 0.542. The minimum atomic E-state index is -4.27. The lowest BCUT2D eigenvalue weighted by molar-refractivity contribution is -0.154. The molecule has 0 bridgehead atoms. The number of hydrogen-bond donors (Lipinski definition) is 1. The fourth-order valence-corrected chi connectivity index (χ4v) is 1.84. The van der Waals surface area contributed by atoms with Crippen LogP contribution in [0.4, 0.5) is 13.2 Å². The number of halogens is 4. The van der Waals surface area contributed by atoms with Crippen LogP contribution in [0.5, 0.6) is 5.75 Å². The molecule has 0 aliphatic heterocycles. The molecule has 0 aliphatic rings. The second-order valence-corrected chi connectivity index (χ2v) is 4.40. The summed E-state index contributed by atoms with van der Waals surface area (Å²) in [4.78, 5) is 0. The van der Waals surface area contributed by atoms with E-state index < -0.39 is 12.2 Å². The lowest BCUT2D eigenvalue weighted by Gasteiger charge is -2.20. The van der Waals surface area contributed by atoms with Crippen molar-refractivity contribution in [3.8, 4) is 5.75 Å². The number of methoxy groups -OCH3 is 1. The molecule has 0 saturated carbocycles. The number of benzene rings is 1. The molecular formula is C11H13BrF3NO. The van der Waals surface area contributed by atoms with Gasteiger partial charge in [-0.3, -0.25) is 0 Å². The summed E-state index contributed by atoms with van der Waals surface area (Å²) < 4.78 is 43.5. The number of hydrogen-bond acceptors (Lipinski definition) is 2. The average molecular weight is 312 g/mol. The molecule has 0 spiro atoms. The smallest absolute Gasteiger partial charge is 0.404 e. The summed E-state index contributed by atoms with van der Waals surface area (Å²) in [6, 6.07) is 3.40. The molecule has 2 nitrogen and oxygen atoms in total. The predicted molar refractivity (Wildman–Crippen MR) is 63.3 cm³/mol. The Balaban J connectivity index is 2.93. The maximum Gasteiger partial charge on any atom is 0.404 e. The Kier molecular flexibility index (Phi) is 4.82. The van der Waals surface area contributed by atoms with Gasteiger partial charge in [0.15, 0.2) is 0 Å². The third-order valence-corrected chi connectivity index (χ3v) is 3.19. The van der Waals surface area contributed by atoms with Gasteiger partial charge in [-0.2, -0.15) is 13.2 Å². The first-order chi connectivity index (χ1) is 7.88. The van der Waals surface area contributed by atoms with Gasteiger partial charge in [-0.15, -0.1) is 0 Å². The average Bonchev–Trinajstić information content (AvgIpc) is 2.26. The first kappa shape index (κ1) is 14.3. The van der Waals surface area contributed by atoms with Crippen molar-refractivity contribution in [3.05, 3.63) is 28.2 Å². The summed E-state index contributed by atoms with van der Waals surface area (Å²) in [5, 5.41) is 2.27. The Hall–Kier alpha value is -0.750. The first-order valence-corrected chi connectivity index (χ1v) is 5.74. The third kappa shape index (κ3) is 3.89. The van der Waals surface area contributed by atoms with Crippen molar-refractivity contribution < 1.29 is 17.9 Å². The fourth-order valence-electron chi connectivity index (χ4n) is 1.44. The van der Waals surface area contributed by atoms with E-state index in [9.17, 15) is 13.2 Å². The van der Waals surface area contributed by atoms with Crippen molar-refractivity contribution >= 4 is 15.9 Å². The molecular weight excluding hydrogens is 299 g/mol. The highest BCUT2D eigenvalue weighted by Crippen LogP contribution is 2.28. The van der Waals surface area contributed by atoms with Crippen LogP contribution in [0.3, 0.4) is 0 Å². The summed E-state index contributed by atoms with van der Waals surface area (Å²) in [6.07, 6.45) is -4.41. The number of rotatable bonds is 4. The number of alkyl halides is 3. The topological polar surface area (TPSA) is 21.3 Å². The molecule has 17 heavy (non-hydrogen) atoms. The number of likely N-dealkylation sites (N-methyl/N-ethyl adjacent to an activating group) is 1. The zero-order valence-electron chi connectivity index (χ0n) is 9.44. The Morgan fingerprint density at radius 1 is 1.41 bits per heavy atom. The second kappa shape index (κ2) is 5.73. The van der Waals surface area contributed by atoms with E-state index in [1.54, 1.807) is 18.2 Å². The molecule has 1 rings (SSSR count). The minimum absolute atomic E-state index is 0.141. The van der Waals surface area contributed by atoms with E-state index in [-0.39, 0.29) is 6.42 Å². The predicted octanol–water partition coefficient (Wildman–Crippen LogP) is 3.15. The van der Waals surface area contributed by atoms with Crippen molar-refractivity contribution in [2.75, 3.05) is 14.2 Å². The molecule has 1 aromatic rings. The minimum Gasteiger partial charge on any atom is -0.497 e. The van der Waals surface area contributed by atoms with Crippen LogP contribution in [0.15, 0.2) is 22.7 Å². The van der Waals surface area contributed by atoms with Crippen LogP contribution in [-0.2, 0) is 6.42 Å². The SMILES string of the molecule is CNC(Cc1cc(OC)ccc1Br)C(F)(F)F. The fraction of sp³-hybridized carbons (Fsp3) is 0.455. The largest absolute Gasteiger partial charge is 0.497 e. The van der Waals surface area contributed by atoms with Crippen molar-refractivity contribution in [1.29, 1.82) is 0 Å². The van der Waals surface area contributed by atoms with E-state index in [4.69, 9.17) is 4.74 Å². The van der Waals surface area contributed by atoms with Gasteiger partial charge in [0.25, 0.3) is 0 Å². The van der Waals surface area contributed by atoms with E-state index in [2.05, 4.69) is 21.2 Å². The van der Waals surface area contributed by atoms with Crippen LogP contribution < -0.4 is 10.1 Å². The zero-order chi connectivity index (χ0) is 13.1. The number of nitrogens with one attached hydrogen (secondary N) is 1. The van der Waals surface area contributed by atoms with Gasteiger partial charge in [0, 0.05) is 4.47 Å². The molecule has 0 amide bonds. The van der Waals surface area contributed by atoms with Gasteiger partial charge < -0.3 is 10.1 Å². The van der Waals surface area contributed by atoms with Crippen LogP contribution in [0.25, 0.3) is 0 Å². The first-order valence-electron chi connectivity index (χ1n) is 4.95. The molecule has 1 unspecified atom stereocenters. The van der Waals surface area contributed by atoms with Gasteiger partial charge in [0.1, 0.15) is 11.8 Å². The Morgan fingerprint density at radius 2 is 2.06 bits per heavy atom.